The molecule has 100 valence electrons. The van der Waals surface area contributed by atoms with Crippen LogP contribution in [0.15, 0.2) is 12.1 Å². The number of morpholine rings is 1. The molecule has 6 heteroatoms. The van der Waals surface area contributed by atoms with Gasteiger partial charge in [-0.1, -0.05) is 0 Å². The van der Waals surface area contributed by atoms with Crippen molar-refractivity contribution in [1.29, 1.82) is 0 Å². The molecule has 1 saturated heterocycles. The molecule has 0 aliphatic carbocycles. The van der Waals surface area contributed by atoms with Crippen LogP contribution in [0.2, 0.25) is 0 Å². The fourth-order valence-corrected chi connectivity index (χ4v) is 2.07. The van der Waals surface area contributed by atoms with Gasteiger partial charge in [0.1, 0.15) is 0 Å². The van der Waals surface area contributed by atoms with Crippen LogP contribution in [0.4, 0.5) is 0 Å². The molecule has 2 rings (SSSR count). The van der Waals surface area contributed by atoms with E-state index in [0.717, 1.165) is 38.5 Å². The smallest absolute Gasteiger partial charge is 0.233 e. The summed E-state index contributed by atoms with van der Waals surface area (Å²) in [5.74, 6) is 0.549. The molecule has 1 atom stereocenters. The molecule has 1 aromatic heterocycles. The lowest BCUT2D eigenvalue weighted by Gasteiger charge is -2.35. The van der Waals surface area contributed by atoms with Crippen LogP contribution >= 0.6 is 0 Å². The van der Waals surface area contributed by atoms with Crippen molar-refractivity contribution in [3.8, 4) is 5.88 Å². The van der Waals surface area contributed by atoms with E-state index in [1.807, 2.05) is 19.2 Å². The number of aromatic nitrogens is 2. The summed E-state index contributed by atoms with van der Waals surface area (Å²) in [6.07, 6.45) is 0. The number of hydrogen-bond donors (Lipinski definition) is 1. The predicted octanol–water partition coefficient (Wildman–Crippen LogP) is -0.0946. The largest absolute Gasteiger partial charge is 0.480 e. The summed E-state index contributed by atoms with van der Waals surface area (Å²) >= 11 is 0. The molecule has 1 aliphatic rings. The summed E-state index contributed by atoms with van der Waals surface area (Å²) < 4.78 is 10.5. The lowest BCUT2D eigenvalue weighted by atomic mass is 10.2. The number of nitrogens with one attached hydrogen (secondary N) is 1. The van der Waals surface area contributed by atoms with Gasteiger partial charge in [0.05, 0.1) is 26.0 Å². The Labute approximate surface area is 107 Å². The van der Waals surface area contributed by atoms with Crippen LogP contribution in [-0.2, 0) is 11.3 Å². The number of ether oxygens (including phenoxy) is 2. The normalized spacial score (nSPS) is 20.9. The van der Waals surface area contributed by atoms with Crippen molar-refractivity contribution >= 4 is 0 Å². The Morgan fingerprint density at radius 2 is 2.39 bits per heavy atom. The molecule has 0 bridgehead atoms. The second-order valence-electron chi connectivity index (χ2n) is 4.32. The summed E-state index contributed by atoms with van der Waals surface area (Å²) in [6, 6.07) is 4.20. The van der Waals surface area contributed by atoms with Gasteiger partial charge in [-0.15, -0.1) is 5.10 Å². The van der Waals surface area contributed by atoms with Crippen molar-refractivity contribution in [3.63, 3.8) is 0 Å². The van der Waals surface area contributed by atoms with Gasteiger partial charge in [-0.25, -0.2) is 0 Å². The SMILES string of the molecule is CNCC1COCCN1Cc1ccc(OC)nn1. The quantitative estimate of drug-likeness (QED) is 0.790. The summed E-state index contributed by atoms with van der Waals surface area (Å²) in [4.78, 5) is 2.37. The molecule has 0 aromatic carbocycles. The molecule has 1 fully saturated rings. The number of likely N-dealkylation sites (N-methyl/N-ethyl adjacent to an activating group) is 1. The van der Waals surface area contributed by atoms with Gasteiger partial charge in [-0.05, 0) is 13.1 Å². The van der Waals surface area contributed by atoms with Gasteiger partial charge in [0.2, 0.25) is 5.88 Å². The molecule has 6 nitrogen and oxygen atoms in total. The Morgan fingerprint density at radius 3 is 3.06 bits per heavy atom. The van der Waals surface area contributed by atoms with Crippen LogP contribution in [0.5, 0.6) is 5.88 Å². The lowest BCUT2D eigenvalue weighted by molar-refractivity contribution is -0.0109. The van der Waals surface area contributed by atoms with E-state index in [-0.39, 0.29) is 0 Å². The molecule has 1 unspecified atom stereocenters. The molecule has 0 spiro atoms. The molecule has 0 amide bonds. The predicted molar refractivity (Wildman–Crippen MR) is 67.5 cm³/mol. The highest BCUT2D eigenvalue weighted by Gasteiger charge is 2.22. The maximum absolute atomic E-state index is 5.50. The standard InChI is InChI=1S/C12H20N4O2/c1-13-7-11-9-18-6-5-16(11)8-10-3-4-12(17-2)15-14-10/h3-4,11,13H,5-9H2,1-2H3. The molecule has 0 saturated carbocycles. The summed E-state index contributed by atoms with van der Waals surface area (Å²) in [6.45, 7) is 4.20. The molecule has 0 radical (unpaired) electrons. The van der Waals surface area contributed by atoms with Crippen molar-refractivity contribution in [2.75, 3.05) is 40.5 Å². The monoisotopic (exact) mass is 252 g/mol. The van der Waals surface area contributed by atoms with Crippen LogP contribution in [0.3, 0.4) is 0 Å². The van der Waals surface area contributed by atoms with Gasteiger partial charge in [0.15, 0.2) is 0 Å². The molecule has 1 N–H and O–H groups in total. The topological polar surface area (TPSA) is 59.5 Å². The van der Waals surface area contributed by atoms with E-state index in [0.29, 0.717) is 11.9 Å². The third-order valence-corrected chi connectivity index (χ3v) is 3.06. The van der Waals surface area contributed by atoms with Crippen LogP contribution in [0, 0.1) is 0 Å². The van der Waals surface area contributed by atoms with Gasteiger partial charge >= 0.3 is 0 Å². The average molecular weight is 252 g/mol. The van der Waals surface area contributed by atoms with Gasteiger partial charge in [0, 0.05) is 31.7 Å². The van der Waals surface area contributed by atoms with E-state index in [1.54, 1.807) is 7.11 Å². The van der Waals surface area contributed by atoms with Gasteiger partial charge < -0.3 is 14.8 Å². The highest BCUT2D eigenvalue weighted by atomic mass is 16.5. The fourth-order valence-electron chi connectivity index (χ4n) is 2.07. The van der Waals surface area contributed by atoms with E-state index in [9.17, 15) is 0 Å². The zero-order valence-corrected chi connectivity index (χ0v) is 10.9. The Balaban J connectivity index is 1.96. The molecule has 2 heterocycles. The molecule has 1 aromatic rings. The molecular formula is C12H20N4O2. The molecule has 18 heavy (non-hydrogen) atoms. The van der Waals surface area contributed by atoms with Crippen molar-refractivity contribution in [2.24, 2.45) is 0 Å². The number of methoxy groups -OCH3 is 1. The van der Waals surface area contributed by atoms with E-state index in [1.165, 1.54) is 0 Å². The van der Waals surface area contributed by atoms with E-state index in [4.69, 9.17) is 9.47 Å². The van der Waals surface area contributed by atoms with Crippen molar-refractivity contribution in [2.45, 2.75) is 12.6 Å². The zero-order valence-electron chi connectivity index (χ0n) is 10.9. The number of rotatable bonds is 5. The summed E-state index contributed by atoms with van der Waals surface area (Å²) in [5, 5.41) is 11.3. The average Bonchev–Trinajstić information content (AvgIpc) is 2.42. The van der Waals surface area contributed by atoms with Gasteiger partial charge in [0.25, 0.3) is 0 Å². The van der Waals surface area contributed by atoms with Crippen LogP contribution < -0.4 is 10.1 Å². The van der Waals surface area contributed by atoms with Gasteiger partial charge in [-0.2, -0.15) is 5.10 Å². The summed E-state index contributed by atoms with van der Waals surface area (Å²) in [5.41, 5.74) is 0.957. The first-order chi connectivity index (χ1) is 8.83. The van der Waals surface area contributed by atoms with E-state index in [2.05, 4.69) is 20.4 Å². The molecule has 1 aliphatic heterocycles. The maximum Gasteiger partial charge on any atom is 0.233 e. The minimum atomic E-state index is 0.396. The highest BCUT2D eigenvalue weighted by molar-refractivity contribution is 5.11. The minimum absolute atomic E-state index is 0.396. The van der Waals surface area contributed by atoms with E-state index >= 15 is 0 Å². The maximum atomic E-state index is 5.50. The first kappa shape index (κ1) is 13.2. The fraction of sp³-hybridized carbons (Fsp3) is 0.667. The number of hydrogen-bond acceptors (Lipinski definition) is 6. The first-order valence-corrected chi connectivity index (χ1v) is 6.16. The van der Waals surface area contributed by atoms with Crippen molar-refractivity contribution < 1.29 is 9.47 Å². The van der Waals surface area contributed by atoms with Crippen LogP contribution in [0.1, 0.15) is 5.69 Å². The van der Waals surface area contributed by atoms with Gasteiger partial charge in [-0.3, -0.25) is 4.90 Å². The minimum Gasteiger partial charge on any atom is -0.480 e. The lowest BCUT2D eigenvalue weighted by Crippen LogP contribution is -2.49. The highest BCUT2D eigenvalue weighted by Crippen LogP contribution is 2.11. The third-order valence-electron chi connectivity index (χ3n) is 3.06. The van der Waals surface area contributed by atoms with Crippen LogP contribution in [0.25, 0.3) is 0 Å². The van der Waals surface area contributed by atoms with E-state index < -0.39 is 0 Å². The Kier molecular flexibility index (Phi) is 4.86. The Bertz CT molecular complexity index is 356. The van der Waals surface area contributed by atoms with Crippen LogP contribution in [-0.4, -0.2) is 61.6 Å². The summed E-state index contributed by atoms with van der Waals surface area (Å²) in [7, 11) is 3.55. The Morgan fingerprint density at radius 1 is 1.50 bits per heavy atom. The second kappa shape index (κ2) is 6.63. The third kappa shape index (κ3) is 3.38. The van der Waals surface area contributed by atoms with Crippen molar-refractivity contribution in [1.82, 2.24) is 20.4 Å². The second-order valence-corrected chi connectivity index (χ2v) is 4.32. The first-order valence-electron chi connectivity index (χ1n) is 6.16. The van der Waals surface area contributed by atoms with Crippen molar-refractivity contribution in [3.05, 3.63) is 17.8 Å². The zero-order chi connectivity index (χ0) is 12.8. The Hall–Kier alpha value is -1.24. The number of nitrogens with zero attached hydrogens (tertiary/aromatic N) is 3. The molecular weight excluding hydrogens is 232 g/mol.